The fourth-order valence-electron chi connectivity index (χ4n) is 3.13. The van der Waals surface area contributed by atoms with E-state index in [4.69, 9.17) is 0 Å². The number of halogens is 4. The van der Waals surface area contributed by atoms with Gasteiger partial charge in [-0.2, -0.15) is 0 Å². The first kappa shape index (κ1) is 18.0. The molecule has 8 heteroatoms. The molecule has 0 radical (unpaired) electrons. The van der Waals surface area contributed by atoms with Gasteiger partial charge in [-0.1, -0.05) is 0 Å². The highest BCUT2D eigenvalue weighted by Crippen LogP contribution is 2.21. The van der Waals surface area contributed by atoms with Crippen LogP contribution in [-0.2, 0) is 0 Å². The lowest BCUT2D eigenvalue weighted by Gasteiger charge is -2.32. The Balaban J connectivity index is 0.00000192. The number of hydrogen-bond acceptors (Lipinski definition) is 3. The number of likely N-dealkylation sites (tertiary alicyclic amines) is 1. The Hall–Kier alpha value is -1.31. The zero-order valence-corrected chi connectivity index (χ0v) is 13.3. The van der Waals surface area contributed by atoms with Crippen molar-refractivity contribution in [1.82, 2.24) is 15.1 Å². The minimum atomic E-state index is -1.28. The topological polar surface area (TPSA) is 35.6 Å². The third kappa shape index (κ3) is 3.79. The van der Waals surface area contributed by atoms with Crippen molar-refractivity contribution in [2.45, 2.75) is 12.5 Å². The van der Waals surface area contributed by atoms with Crippen LogP contribution in [0.1, 0.15) is 16.8 Å². The first-order chi connectivity index (χ1) is 10.6. The molecule has 23 heavy (non-hydrogen) atoms. The van der Waals surface area contributed by atoms with Crippen LogP contribution in [0.15, 0.2) is 12.1 Å². The van der Waals surface area contributed by atoms with Crippen LogP contribution in [0.25, 0.3) is 0 Å². The molecule has 2 fully saturated rings. The number of nitrogens with one attached hydrogen (secondary N) is 1. The van der Waals surface area contributed by atoms with E-state index >= 15 is 0 Å². The van der Waals surface area contributed by atoms with Crippen molar-refractivity contribution in [3.8, 4) is 0 Å². The Morgan fingerprint density at radius 2 is 1.70 bits per heavy atom. The molecule has 0 aliphatic carbocycles. The van der Waals surface area contributed by atoms with E-state index in [9.17, 15) is 18.0 Å². The number of carbonyl (C=O) groups excluding carboxylic acids is 1. The minimum absolute atomic E-state index is 0. The van der Waals surface area contributed by atoms with E-state index in [1.54, 1.807) is 0 Å². The number of benzene rings is 1. The van der Waals surface area contributed by atoms with Gasteiger partial charge in [-0.15, -0.1) is 12.4 Å². The van der Waals surface area contributed by atoms with Gasteiger partial charge < -0.3 is 10.2 Å². The van der Waals surface area contributed by atoms with Gasteiger partial charge >= 0.3 is 0 Å². The summed E-state index contributed by atoms with van der Waals surface area (Å²) in [7, 11) is 0. The standard InChI is InChI=1S/C15H18F3N3O.ClH/c16-12-8-14(18)13(17)7-11(12)15(22)21-4-1-10(9-21)20-5-2-19-3-6-20;/h7-8,10,19H,1-6,9H2;1H. The molecule has 0 aromatic heterocycles. The Bertz CT molecular complexity index is 581. The average molecular weight is 350 g/mol. The van der Waals surface area contributed by atoms with Gasteiger partial charge in [0, 0.05) is 51.4 Å². The van der Waals surface area contributed by atoms with Gasteiger partial charge in [0.1, 0.15) is 5.82 Å². The Kier molecular flexibility index (Phi) is 5.89. The summed E-state index contributed by atoms with van der Waals surface area (Å²) in [5.74, 6) is -4.08. The van der Waals surface area contributed by atoms with E-state index in [1.165, 1.54) is 4.90 Å². The van der Waals surface area contributed by atoms with Gasteiger partial charge in [-0.05, 0) is 12.5 Å². The van der Waals surface area contributed by atoms with Gasteiger partial charge in [-0.25, -0.2) is 13.2 Å². The smallest absolute Gasteiger partial charge is 0.256 e. The van der Waals surface area contributed by atoms with Gasteiger partial charge in [0.2, 0.25) is 0 Å². The molecule has 1 unspecified atom stereocenters. The van der Waals surface area contributed by atoms with Crippen LogP contribution in [0.2, 0.25) is 0 Å². The third-order valence-corrected chi connectivity index (χ3v) is 4.36. The monoisotopic (exact) mass is 349 g/mol. The average Bonchev–Trinajstić information content (AvgIpc) is 3.01. The molecule has 2 heterocycles. The number of hydrogen-bond donors (Lipinski definition) is 1. The number of amides is 1. The number of nitrogens with zero attached hydrogens (tertiary/aromatic N) is 2. The lowest BCUT2D eigenvalue weighted by molar-refractivity contribution is 0.0768. The summed E-state index contributed by atoms with van der Waals surface area (Å²) in [6.45, 7) is 4.69. The molecule has 2 aliphatic heterocycles. The molecule has 1 aromatic carbocycles. The molecular weight excluding hydrogens is 331 g/mol. The fraction of sp³-hybridized carbons (Fsp3) is 0.533. The molecule has 4 nitrogen and oxygen atoms in total. The maximum Gasteiger partial charge on any atom is 0.256 e. The van der Waals surface area contributed by atoms with Crippen LogP contribution < -0.4 is 5.32 Å². The number of rotatable bonds is 2. The molecule has 1 amide bonds. The summed E-state index contributed by atoms with van der Waals surface area (Å²) in [5.41, 5.74) is -0.403. The van der Waals surface area contributed by atoms with Gasteiger partial charge in [0.15, 0.2) is 11.6 Å². The van der Waals surface area contributed by atoms with Crippen LogP contribution in [0, 0.1) is 17.5 Å². The normalized spacial score (nSPS) is 22.0. The maximum atomic E-state index is 13.7. The summed E-state index contributed by atoms with van der Waals surface area (Å²) < 4.78 is 39.9. The largest absolute Gasteiger partial charge is 0.337 e. The van der Waals surface area contributed by atoms with Crippen LogP contribution in [0.3, 0.4) is 0 Å². The summed E-state index contributed by atoms with van der Waals surface area (Å²) in [5, 5.41) is 3.27. The van der Waals surface area contributed by atoms with Gasteiger partial charge in [-0.3, -0.25) is 9.69 Å². The summed E-state index contributed by atoms with van der Waals surface area (Å²) in [4.78, 5) is 16.2. The molecule has 0 spiro atoms. The van der Waals surface area contributed by atoms with E-state index in [2.05, 4.69) is 10.2 Å². The van der Waals surface area contributed by atoms with E-state index in [1.807, 2.05) is 0 Å². The Morgan fingerprint density at radius 3 is 2.39 bits per heavy atom. The fourth-order valence-corrected chi connectivity index (χ4v) is 3.13. The van der Waals surface area contributed by atoms with Crippen LogP contribution in [0.5, 0.6) is 0 Å². The van der Waals surface area contributed by atoms with E-state index in [0.29, 0.717) is 25.2 Å². The Morgan fingerprint density at radius 1 is 1.04 bits per heavy atom. The van der Waals surface area contributed by atoms with Crippen LogP contribution >= 0.6 is 12.4 Å². The number of piperazine rings is 1. The molecule has 1 atom stereocenters. The molecular formula is C15H19ClF3N3O. The van der Waals surface area contributed by atoms with Gasteiger partial charge in [0.05, 0.1) is 5.56 Å². The third-order valence-electron chi connectivity index (χ3n) is 4.36. The second kappa shape index (κ2) is 7.51. The molecule has 3 rings (SSSR count). The predicted molar refractivity (Wildman–Crippen MR) is 82.3 cm³/mol. The predicted octanol–water partition coefficient (Wildman–Crippen LogP) is 1.65. The van der Waals surface area contributed by atoms with Crippen molar-refractivity contribution in [3.63, 3.8) is 0 Å². The van der Waals surface area contributed by atoms with E-state index in [-0.39, 0.29) is 18.4 Å². The molecule has 128 valence electrons. The highest BCUT2D eigenvalue weighted by atomic mass is 35.5. The quantitative estimate of drug-likeness (QED) is 0.825. The molecule has 1 N–H and O–H groups in total. The molecule has 2 aliphatic rings. The van der Waals surface area contributed by atoms with E-state index < -0.39 is 28.9 Å². The van der Waals surface area contributed by atoms with Crippen LogP contribution in [-0.4, -0.2) is 61.0 Å². The highest BCUT2D eigenvalue weighted by Gasteiger charge is 2.32. The first-order valence-electron chi connectivity index (χ1n) is 7.45. The summed E-state index contributed by atoms with van der Waals surface area (Å²) in [6.07, 6.45) is 0.817. The van der Waals surface area contributed by atoms with Crippen molar-refractivity contribution >= 4 is 18.3 Å². The number of carbonyl (C=O) groups is 1. The molecule has 0 bridgehead atoms. The summed E-state index contributed by atoms with van der Waals surface area (Å²) in [6, 6.07) is 1.32. The highest BCUT2D eigenvalue weighted by molar-refractivity contribution is 5.94. The van der Waals surface area contributed by atoms with E-state index in [0.717, 1.165) is 32.6 Å². The maximum absolute atomic E-state index is 13.7. The Labute approximate surface area is 139 Å². The lowest BCUT2D eigenvalue weighted by Crippen LogP contribution is -2.49. The first-order valence-corrected chi connectivity index (χ1v) is 7.45. The zero-order valence-electron chi connectivity index (χ0n) is 12.5. The van der Waals surface area contributed by atoms with Crippen molar-refractivity contribution in [1.29, 1.82) is 0 Å². The van der Waals surface area contributed by atoms with Crippen LogP contribution in [0.4, 0.5) is 13.2 Å². The molecule has 0 saturated carbocycles. The second-order valence-corrected chi connectivity index (χ2v) is 5.73. The minimum Gasteiger partial charge on any atom is -0.337 e. The second-order valence-electron chi connectivity index (χ2n) is 5.73. The van der Waals surface area contributed by atoms with Crippen molar-refractivity contribution in [2.24, 2.45) is 0 Å². The SMILES string of the molecule is Cl.O=C(c1cc(F)c(F)cc1F)N1CCC(N2CCNCC2)C1. The van der Waals surface area contributed by atoms with Crippen molar-refractivity contribution in [3.05, 3.63) is 35.1 Å². The van der Waals surface area contributed by atoms with Crippen molar-refractivity contribution < 1.29 is 18.0 Å². The molecule has 2 saturated heterocycles. The van der Waals surface area contributed by atoms with Gasteiger partial charge in [0.25, 0.3) is 5.91 Å². The molecule has 1 aromatic rings. The zero-order chi connectivity index (χ0) is 15.7. The van der Waals surface area contributed by atoms with Crippen molar-refractivity contribution in [2.75, 3.05) is 39.3 Å². The summed E-state index contributed by atoms with van der Waals surface area (Å²) >= 11 is 0. The lowest BCUT2D eigenvalue weighted by atomic mass is 10.1.